The van der Waals surface area contributed by atoms with E-state index in [9.17, 15) is 5.11 Å². The summed E-state index contributed by atoms with van der Waals surface area (Å²) in [4.78, 5) is 2.52. The predicted molar refractivity (Wildman–Crippen MR) is 74.6 cm³/mol. The first-order valence-corrected chi connectivity index (χ1v) is 6.86. The maximum Gasteiger partial charge on any atom is 0.115 e. The molecule has 1 aliphatic rings. The van der Waals surface area contributed by atoms with E-state index in [2.05, 4.69) is 17.1 Å². The number of hydrogen-bond donors (Lipinski definition) is 2. The summed E-state index contributed by atoms with van der Waals surface area (Å²) in [5, 5.41) is 12.7. The van der Waals surface area contributed by atoms with Gasteiger partial charge in [-0.15, -0.1) is 0 Å². The summed E-state index contributed by atoms with van der Waals surface area (Å²) in [5.41, 5.74) is 1.28. The second-order valence-electron chi connectivity index (χ2n) is 5.38. The third kappa shape index (κ3) is 3.47. The van der Waals surface area contributed by atoms with Crippen LogP contribution in [0.2, 0.25) is 0 Å². The largest absolute Gasteiger partial charge is 0.508 e. The summed E-state index contributed by atoms with van der Waals surface area (Å²) >= 11 is 0. The Labute approximate surface area is 110 Å². The molecule has 0 spiro atoms. The quantitative estimate of drug-likeness (QED) is 0.857. The fourth-order valence-corrected chi connectivity index (χ4v) is 2.74. The highest BCUT2D eigenvalue weighted by molar-refractivity contribution is 5.25. The van der Waals surface area contributed by atoms with Crippen molar-refractivity contribution in [3.8, 4) is 5.75 Å². The first-order valence-electron chi connectivity index (χ1n) is 6.86. The molecule has 1 aromatic rings. The molecule has 3 heteroatoms. The number of piperidine rings is 1. The van der Waals surface area contributed by atoms with Crippen molar-refractivity contribution in [1.82, 2.24) is 10.2 Å². The second kappa shape index (κ2) is 6.21. The molecule has 2 N–H and O–H groups in total. The average Bonchev–Trinajstić information content (AvgIpc) is 2.41. The van der Waals surface area contributed by atoms with Crippen molar-refractivity contribution in [2.45, 2.75) is 32.4 Å². The van der Waals surface area contributed by atoms with E-state index in [-0.39, 0.29) is 0 Å². The summed E-state index contributed by atoms with van der Waals surface area (Å²) in [6.07, 6.45) is 2.61. The number of phenols is 1. The van der Waals surface area contributed by atoms with E-state index in [0.29, 0.717) is 11.8 Å². The van der Waals surface area contributed by atoms with E-state index in [1.165, 1.54) is 31.5 Å². The number of likely N-dealkylation sites (tertiary alicyclic amines) is 1. The van der Waals surface area contributed by atoms with Crippen LogP contribution in [0, 0.1) is 5.92 Å². The van der Waals surface area contributed by atoms with Crippen molar-refractivity contribution in [2.24, 2.45) is 5.92 Å². The fourth-order valence-electron chi connectivity index (χ4n) is 2.74. The molecular formula is C15H24N2O. The van der Waals surface area contributed by atoms with E-state index in [4.69, 9.17) is 0 Å². The first-order chi connectivity index (χ1) is 8.69. The summed E-state index contributed by atoms with van der Waals surface area (Å²) in [6, 6.07) is 8.16. The average molecular weight is 248 g/mol. The highest BCUT2D eigenvalue weighted by atomic mass is 16.3. The number of rotatable bonds is 4. The summed E-state index contributed by atoms with van der Waals surface area (Å²) in [6.45, 7) is 5.62. The molecule has 1 aromatic carbocycles. The van der Waals surface area contributed by atoms with Crippen LogP contribution in [0.5, 0.6) is 5.75 Å². The van der Waals surface area contributed by atoms with Gasteiger partial charge < -0.3 is 10.4 Å². The lowest BCUT2D eigenvalue weighted by Gasteiger charge is -2.35. The van der Waals surface area contributed by atoms with E-state index >= 15 is 0 Å². The van der Waals surface area contributed by atoms with Crippen molar-refractivity contribution < 1.29 is 5.11 Å². The zero-order valence-electron chi connectivity index (χ0n) is 11.4. The Morgan fingerprint density at radius 1 is 1.39 bits per heavy atom. The molecule has 2 rings (SSSR count). The molecule has 1 fully saturated rings. The van der Waals surface area contributed by atoms with Crippen LogP contribution in [0.1, 0.15) is 25.3 Å². The lowest BCUT2D eigenvalue weighted by atomic mass is 9.91. The van der Waals surface area contributed by atoms with Gasteiger partial charge in [0.25, 0.3) is 0 Å². The van der Waals surface area contributed by atoms with Crippen LogP contribution in [0.4, 0.5) is 0 Å². The molecular weight excluding hydrogens is 224 g/mol. The maximum atomic E-state index is 9.29. The number of benzene rings is 1. The smallest absolute Gasteiger partial charge is 0.115 e. The minimum absolute atomic E-state index is 0.346. The van der Waals surface area contributed by atoms with E-state index in [1.807, 2.05) is 19.2 Å². The molecule has 3 nitrogen and oxygen atoms in total. The molecule has 1 saturated heterocycles. The minimum Gasteiger partial charge on any atom is -0.508 e. The fraction of sp³-hybridized carbons (Fsp3) is 0.600. The van der Waals surface area contributed by atoms with Crippen LogP contribution in [0.3, 0.4) is 0 Å². The molecule has 18 heavy (non-hydrogen) atoms. The van der Waals surface area contributed by atoms with Crippen LogP contribution in [0.15, 0.2) is 24.3 Å². The Morgan fingerprint density at radius 3 is 2.78 bits per heavy atom. The Bertz CT molecular complexity index is 363. The number of aromatic hydroxyl groups is 1. The Balaban J connectivity index is 1.91. The van der Waals surface area contributed by atoms with Crippen molar-refractivity contribution >= 4 is 0 Å². The van der Waals surface area contributed by atoms with Crippen molar-refractivity contribution in [3.63, 3.8) is 0 Å². The molecule has 2 atom stereocenters. The van der Waals surface area contributed by atoms with Gasteiger partial charge in [-0.3, -0.25) is 4.90 Å². The van der Waals surface area contributed by atoms with Crippen molar-refractivity contribution in [3.05, 3.63) is 29.8 Å². The lowest BCUT2D eigenvalue weighted by Crippen LogP contribution is -2.43. The van der Waals surface area contributed by atoms with Gasteiger partial charge >= 0.3 is 0 Å². The number of nitrogens with zero attached hydrogens (tertiary/aromatic N) is 1. The van der Waals surface area contributed by atoms with E-state index in [0.717, 1.165) is 12.5 Å². The van der Waals surface area contributed by atoms with Crippen LogP contribution in [0.25, 0.3) is 0 Å². The van der Waals surface area contributed by atoms with E-state index < -0.39 is 0 Å². The predicted octanol–water partition coefficient (Wildman–Crippen LogP) is 2.21. The van der Waals surface area contributed by atoms with Crippen LogP contribution < -0.4 is 5.32 Å². The number of phenolic OH excluding ortho intramolecular Hbond substituents is 1. The van der Waals surface area contributed by atoms with Crippen molar-refractivity contribution in [2.75, 3.05) is 20.1 Å². The maximum absolute atomic E-state index is 9.29. The first kappa shape index (κ1) is 13.4. The zero-order valence-corrected chi connectivity index (χ0v) is 11.4. The molecule has 100 valence electrons. The lowest BCUT2D eigenvalue weighted by molar-refractivity contribution is 0.147. The highest BCUT2D eigenvalue weighted by Gasteiger charge is 2.23. The normalized spacial score (nSPS) is 22.9. The third-order valence-corrected chi connectivity index (χ3v) is 4.05. The minimum atomic E-state index is 0.346. The molecule has 1 aliphatic heterocycles. The Morgan fingerprint density at radius 2 is 2.11 bits per heavy atom. The number of nitrogens with one attached hydrogen (secondary N) is 1. The van der Waals surface area contributed by atoms with Gasteiger partial charge in [-0.25, -0.2) is 0 Å². The third-order valence-electron chi connectivity index (χ3n) is 4.05. The highest BCUT2D eigenvalue weighted by Crippen LogP contribution is 2.21. The van der Waals surface area contributed by atoms with Gasteiger partial charge in [-0.1, -0.05) is 12.1 Å². The van der Waals surface area contributed by atoms with E-state index in [1.54, 1.807) is 12.1 Å². The topological polar surface area (TPSA) is 35.5 Å². The SMILES string of the molecule is CNC(C)C1CCCN(Cc2ccc(O)cc2)C1. The van der Waals surface area contributed by atoms with Crippen LogP contribution in [-0.2, 0) is 6.54 Å². The zero-order chi connectivity index (χ0) is 13.0. The van der Waals surface area contributed by atoms with Gasteiger partial charge in [0, 0.05) is 19.1 Å². The van der Waals surface area contributed by atoms with Crippen molar-refractivity contribution in [1.29, 1.82) is 0 Å². The monoisotopic (exact) mass is 248 g/mol. The van der Waals surface area contributed by atoms with Gasteiger partial charge in [0.05, 0.1) is 0 Å². The standard InChI is InChI=1S/C15H24N2O/c1-12(16-2)14-4-3-9-17(11-14)10-13-5-7-15(18)8-6-13/h5-8,12,14,16,18H,3-4,9-11H2,1-2H3. The molecule has 0 bridgehead atoms. The second-order valence-corrected chi connectivity index (χ2v) is 5.38. The van der Waals surface area contributed by atoms with Gasteiger partial charge in [0.2, 0.25) is 0 Å². The van der Waals surface area contributed by atoms with Gasteiger partial charge in [-0.05, 0) is 57.0 Å². The molecule has 0 radical (unpaired) electrons. The Hall–Kier alpha value is -1.06. The van der Waals surface area contributed by atoms with Gasteiger partial charge in [0.15, 0.2) is 0 Å². The van der Waals surface area contributed by atoms with Crippen LogP contribution in [-0.4, -0.2) is 36.2 Å². The molecule has 0 saturated carbocycles. The van der Waals surface area contributed by atoms with Crippen LogP contribution >= 0.6 is 0 Å². The molecule has 1 heterocycles. The Kier molecular flexibility index (Phi) is 4.61. The molecule has 0 aromatic heterocycles. The summed E-state index contributed by atoms with van der Waals surface area (Å²) < 4.78 is 0. The summed E-state index contributed by atoms with van der Waals surface area (Å²) in [5.74, 6) is 1.10. The summed E-state index contributed by atoms with van der Waals surface area (Å²) in [7, 11) is 2.05. The van der Waals surface area contributed by atoms with Gasteiger partial charge in [0.1, 0.15) is 5.75 Å². The molecule has 2 unspecified atom stereocenters. The molecule has 0 aliphatic carbocycles. The number of hydrogen-bond acceptors (Lipinski definition) is 3. The molecule has 0 amide bonds. The van der Waals surface area contributed by atoms with Gasteiger partial charge in [-0.2, -0.15) is 0 Å².